The molecule has 6 nitrogen and oxygen atoms in total. The summed E-state index contributed by atoms with van der Waals surface area (Å²) >= 11 is 0. The molecule has 0 aromatic carbocycles. The van der Waals surface area contributed by atoms with Gasteiger partial charge in [0.15, 0.2) is 18.6 Å². The van der Waals surface area contributed by atoms with Gasteiger partial charge in [-0.3, -0.25) is 9.59 Å². The van der Waals surface area contributed by atoms with Crippen molar-refractivity contribution in [2.24, 2.45) is 0 Å². The Kier molecular flexibility index (Phi) is 4.41. The number of alkyl halides is 1. The van der Waals surface area contributed by atoms with Gasteiger partial charge in [0.05, 0.1) is 12.1 Å². The molecule has 1 amide bonds. The third kappa shape index (κ3) is 3.37. The topological polar surface area (TPSA) is 84.9 Å². The van der Waals surface area contributed by atoms with E-state index in [0.717, 1.165) is 6.92 Å². The van der Waals surface area contributed by atoms with Crippen molar-refractivity contribution in [1.82, 2.24) is 5.32 Å². The van der Waals surface area contributed by atoms with Crippen LogP contribution in [0.15, 0.2) is 0 Å². The first-order chi connectivity index (χ1) is 7.82. The van der Waals surface area contributed by atoms with Crippen LogP contribution in [0.3, 0.4) is 0 Å². The summed E-state index contributed by atoms with van der Waals surface area (Å²) in [5.74, 6) is -1.08. The van der Waals surface area contributed by atoms with Gasteiger partial charge in [0, 0.05) is 13.8 Å². The van der Waals surface area contributed by atoms with Gasteiger partial charge in [-0.25, -0.2) is 4.39 Å². The van der Waals surface area contributed by atoms with E-state index in [1.54, 1.807) is 6.92 Å². The maximum Gasteiger partial charge on any atom is 0.303 e. The summed E-state index contributed by atoms with van der Waals surface area (Å²) < 4.78 is 23.4. The number of carbonyl (C=O) groups excluding carboxylic acids is 2. The van der Waals surface area contributed by atoms with Crippen molar-refractivity contribution in [2.75, 3.05) is 0 Å². The Bertz CT molecular complexity index is 311. The van der Waals surface area contributed by atoms with Crippen LogP contribution in [0.5, 0.6) is 0 Å². The van der Waals surface area contributed by atoms with Crippen molar-refractivity contribution in [3.05, 3.63) is 0 Å². The molecule has 0 aromatic heterocycles. The van der Waals surface area contributed by atoms with Gasteiger partial charge in [0.25, 0.3) is 0 Å². The Hall–Kier alpha value is -1.21. The van der Waals surface area contributed by atoms with Gasteiger partial charge in [0.2, 0.25) is 5.91 Å². The number of rotatable bonds is 2. The quantitative estimate of drug-likeness (QED) is 0.644. The zero-order valence-electron chi connectivity index (χ0n) is 9.84. The molecule has 1 fully saturated rings. The molecule has 7 heteroatoms. The highest BCUT2D eigenvalue weighted by atomic mass is 19.1. The SMILES string of the molecule is CC(=O)N[C@@H]1[C@@H](OC(C)=O)[C@H](F)[C@H](O)O[C@@H]1C. The highest BCUT2D eigenvalue weighted by Crippen LogP contribution is 2.24. The molecule has 0 bridgehead atoms. The third-order valence-corrected chi connectivity index (χ3v) is 2.47. The van der Waals surface area contributed by atoms with Gasteiger partial charge in [-0.05, 0) is 6.92 Å². The molecule has 0 spiro atoms. The van der Waals surface area contributed by atoms with Crippen molar-refractivity contribution >= 4 is 11.9 Å². The van der Waals surface area contributed by atoms with Gasteiger partial charge >= 0.3 is 5.97 Å². The van der Waals surface area contributed by atoms with E-state index in [0.29, 0.717) is 0 Å². The normalized spacial score (nSPS) is 37.4. The van der Waals surface area contributed by atoms with E-state index in [4.69, 9.17) is 9.47 Å². The lowest BCUT2D eigenvalue weighted by Crippen LogP contribution is -2.62. The minimum absolute atomic E-state index is 0.397. The molecule has 1 aliphatic rings. The molecule has 0 aromatic rings. The minimum atomic E-state index is -1.90. The predicted octanol–water partition coefficient (Wildman–Crippen LogP) is -0.502. The van der Waals surface area contributed by atoms with Crippen LogP contribution in [0.25, 0.3) is 0 Å². The maximum absolute atomic E-state index is 13.7. The summed E-state index contributed by atoms with van der Waals surface area (Å²) in [4.78, 5) is 21.9. The second kappa shape index (κ2) is 5.42. The molecule has 0 unspecified atom stereocenters. The average Bonchev–Trinajstić information content (AvgIpc) is 2.19. The van der Waals surface area contributed by atoms with E-state index in [2.05, 4.69) is 5.32 Å². The average molecular weight is 249 g/mol. The summed E-state index contributed by atoms with van der Waals surface area (Å²) in [5, 5.41) is 11.7. The standard InChI is InChI=1S/C10H16FNO5/c1-4-8(12-5(2)13)9(17-6(3)14)7(11)10(15)16-4/h4,7-10,15H,1-3H3,(H,12,13)/t4-,7+,8+,9+,10-/m1/s1. The lowest BCUT2D eigenvalue weighted by atomic mass is 9.97. The molecule has 5 atom stereocenters. The number of hydrogen-bond acceptors (Lipinski definition) is 5. The van der Waals surface area contributed by atoms with Crippen molar-refractivity contribution in [3.63, 3.8) is 0 Å². The number of nitrogens with one attached hydrogen (secondary N) is 1. The van der Waals surface area contributed by atoms with Crippen molar-refractivity contribution < 1.29 is 28.6 Å². The summed E-state index contributed by atoms with van der Waals surface area (Å²) in [5.41, 5.74) is 0. The van der Waals surface area contributed by atoms with E-state index in [1.807, 2.05) is 0 Å². The monoisotopic (exact) mass is 249 g/mol. The number of hydrogen-bond donors (Lipinski definition) is 2. The van der Waals surface area contributed by atoms with Crippen LogP contribution in [-0.2, 0) is 19.1 Å². The Morgan fingerprint density at radius 1 is 1.41 bits per heavy atom. The molecule has 1 saturated heterocycles. The molecule has 1 aliphatic heterocycles. The number of amides is 1. The molecular weight excluding hydrogens is 233 g/mol. The molecule has 98 valence electrons. The fourth-order valence-electron chi connectivity index (χ4n) is 1.77. The lowest BCUT2D eigenvalue weighted by molar-refractivity contribution is -0.240. The highest BCUT2D eigenvalue weighted by Gasteiger charge is 2.46. The number of ether oxygens (including phenoxy) is 2. The van der Waals surface area contributed by atoms with Gasteiger partial charge in [0.1, 0.15) is 0 Å². The van der Waals surface area contributed by atoms with E-state index in [9.17, 15) is 19.1 Å². The summed E-state index contributed by atoms with van der Waals surface area (Å²) in [6, 6.07) is -0.824. The largest absolute Gasteiger partial charge is 0.457 e. The summed E-state index contributed by atoms with van der Waals surface area (Å²) in [7, 11) is 0. The molecule has 0 radical (unpaired) electrons. The Morgan fingerprint density at radius 2 is 2.00 bits per heavy atom. The highest BCUT2D eigenvalue weighted by molar-refractivity contribution is 5.73. The molecule has 1 rings (SSSR count). The van der Waals surface area contributed by atoms with E-state index < -0.39 is 42.6 Å². The van der Waals surface area contributed by atoms with Crippen LogP contribution in [-0.4, -0.2) is 47.7 Å². The summed E-state index contributed by atoms with van der Waals surface area (Å²) in [6.45, 7) is 3.94. The second-order valence-electron chi connectivity index (χ2n) is 3.98. The number of esters is 1. The summed E-state index contributed by atoms with van der Waals surface area (Å²) in [6.07, 6.45) is -5.48. The van der Waals surface area contributed by atoms with E-state index >= 15 is 0 Å². The predicted molar refractivity (Wildman–Crippen MR) is 54.6 cm³/mol. The second-order valence-corrected chi connectivity index (χ2v) is 3.98. The van der Waals surface area contributed by atoms with Crippen molar-refractivity contribution in [3.8, 4) is 0 Å². The smallest absolute Gasteiger partial charge is 0.303 e. The molecule has 0 aliphatic carbocycles. The van der Waals surface area contributed by atoms with Gasteiger partial charge in [-0.2, -0.15) is 0 Å². The molecule has 17 heavy (non-hydrogen) atoms. The number of carbonyl (C=O) groups is 2. The first kappa shape index (κ1) is 13.9. The zero-order chi connectivity index (χ0) is 13.2. The number of aliphatic hydroxyl groups is 1. The minimum Gasteiger partial charge on any atom is -0.457 e. The van der Waals surface area contributed by atoms with Gasteiger partial charge in [-0.15, -0.1) is 0 Å². The van der Waals surface area contributed by atoms with E-state index in [-0.39, 0.29) is 0 Å². The third-order valence-electron chi connectivity index (χ3n) is 2.47. The Labute approximate surface area is 98.1 Å². The van der Waals surface area contributed by atoms with Gasteiger partial charge in [-0.1, -0.05) is 0 Å². The van der Waals surface area contributed by atoms with Crippen molar-refractivity contribution in [2.45, 2.75) is 51.5 Å². The first-order valence-corrected chi connectivity index (χ1v) is 5.25. The van der Waals surface area contributed by atoms with Crippen LogP contribution in [0.4, 0.5) is 4.39 Å². The van der Waals surface area contributed by atoms with Crippen LogP contribution >= 0.6 is 0 Å². The van der Waals surface area contributed by atoms with Crippen LogP contribution in [0.2, 0.25) is 0 Å². The Balaban J connectivity index is 2.86. The van der Waals surface area contributed by atoms with Crippen LogP contribution < -0.4 is 5.32 Å². The maximum atomic E-state index is 13.7. The first-order valence-electron chi connectivity index (χ1n) is 5.25. The molecule has 1 heterocycles. The molecular formula is C10H16FNO5. The molecule has 2 N–H and O–H groups in total. The van der Waals surface area contributed by atoms with Crippen LogP contribution in [0.1, 0.15) is 20.8 Å². The molecule has 0 saturated carbocycles. The number of aliphatic hydroxyl groups excluding tert-OH is 1. The fourth-order valence-corrected chi connectivity index (χ4v) is 1.77. The van der Waals surface area contributed by atoms with Gasteiger partial charge < -0.3 is 19.9 Å². The zero-order valence-corrected chi connectivity index (χ0v) is 9.84. The fraction of sp³-hybridized carbons (Fsp3) is 0.800. The lowest BCUT2D eigenvalue weighted by Gasteiger charge is -2.40. The van der Waals surface area contributed by atoms with Crippen LogP contribution in [0, 0.1) is 0 Å². The Morgan fingerprint density at radius 3 is 2.47 bits per heavy atom. The number of halogens is 1. The van der Waals surface area contributed by atoms with E-state index in [1.165, 1.54) is 6.92 Å². The van der Waals surface area contributed by atoms with Crippen molar-refractivity contribution in [1.29, 1.82) is 0 Å².